The maximum absolute atomic E-state index is 7.25. The number of aromatic nitrogens is 9. The first-order valence-electron chi connectivity index (χ1n) is 16.9. The number of aromatic amines is 2. The molecule has 306 valence electrons. The zero-order chi connectivity index (χ0) is 40.0. The monoisotopic (exact) mass is 835 g/mol. The first kappa shape index (κ1) is 49.5. The van der Waals surface area contributed by atoms with Gasteiger partial charge in [-0.25, -0.2) is 0 Å². The van der Waals surface area contributed by atoms with Crippen LogP contribution >= 0.6 is 0 Å². The molecule has 8 aromatic carbocycles. The number of hydrogen-bond acceptors (Lipinski definition) is 12. The molecule has 11 aromatic rings. The Balaban J connectivity index is 0.000000758. The number of benzene rings is 8. The molecule has 0 spiro atoms. The first-order chi connectivity index (χ1) is 28.0. The summed E-state index contributed by atoms with van der Waals surface area (Å²) in [5.41, 5.74) is 18.0. The summed E-state index contributed by atoms with van der Waals surface area (Å²) < 4.78 is 0. The van der Waals surface area contributed by atoms with Gasteiger partial charge in [0, 0.05) is 4.96 Å². The van der Waals surface area contributed by atoms with Crippen molar-refractivity contribution in [2.24, 2.45) is 10.6 Å². The molecule has 0 bridgehead atoms. The van der Waals surface area contributed by atoms with Gasteiger partial charge in [-0.15, -0.1) is 0 Å². The molecule has 0 saturated carbocycles. The molecule has 3 heterocycles. The number of nitrogen functional groups attached to an aromatic ring is 2. The van der Waals surface area contributed by atoms with Crippen molar-refractivity contribution in [3.05, 3.63) is 151 Å². The molecule has 0 saturated heterocycles. The summed E-state index contributed by atoms with van der Waals surface area (Å²) in [4.78, 5) is 13.0. The summed E-state index contributed by atoms with van der Waals surface area (Å²) in [6.07, 6.45) is 0. The number of anilines is 2. The summed E-state index contributed by atoms with van der Waals surface area (Å²) in [6, 6.07) is 48.5. The van der Waals surface area contributed by atoms with Crippen LogP contribution in [0.4, 0.5) is 11.4 Å². The Labute approximate surface area is 370 Å². The summed E-state index contributed by atoms with van der Waals surface area (Å²) in [6.45, 7) is 0. The number of hydrogen-bond donors (Lipinski definition) is 6. The van der Waals surface area contributed by atoms with Gasteiger partial charge in [-0.2, -0.15) is 30.8 Å². The van der Waals surface area contributed by atoms with E-state index in [1.54, 1.807) is 0 Å². The Morgan fingerprint density at radius 1 is 0.475 bits per heavy atom. The van der Waals surface area contributed by atoms with Crippen molar-refractivity contribution >= 4 is 87.6 Å². The first-order valence-corrected chi connectivity index (χ1v) is 16.9. The van der Waals surface area contributed by atoms with Crippen LogP contribution in [-0.2, 0) is 0 Å². The quantitative estimate of drug-likeness (QED) is 0.0389. The molecule has 0 aliphatic heterocycles. The van der Waals surface area contributed by atoms with Gasteiger partial charge in [0.25, 0.3) is 0 Å². The fourth-order valence-corrected chi connectivity index (χ4v) is 5.83. The Hall–Kier alpha value is -7.68. The van der Waals surface area contributed by atoms with E-state index in [-0.39, 0.29) is 50.8 Å². The molecule has 11 rings (SSSR count). The molecule has 61 heavy (non-hydrogen) atoms. The van der Waals surface area contributed by atoms with Gasteiger partial charge in [0.05, 0.1) is 33.0 Å². The van der Waals surface area contributed by atoms with Gasteiger partial charge >= 0.3 is 32.4 Å². The molecule has 0 aliphatic carbocycles. The minimum Gasteiger partial charge on any atom is -0.870 e. The van der Waals surface area contributed by atoms with Crippen molar-refractivity contribution in [2.75, 3.05) is 11.5 Å². The van der Waals surface area contributed by atoms with Gasteiger partial charge in [-0.05, 0) is 91.6 Å². The van der Waals surface area contributed by atoms with Crippen molar-refractivity contribution < 1.29 is 58.7 Å². The molecule has 0 unspecified atom stereocenters. The maximum atomic E-state index is 7.25. The van der Waals surface area contributed by atoms with Crippen molar-refractivity contribution in [1.82, 2.24) is 46.2 Å². The van der Waals surface area contributed by atoms with Crippen LogP contribution < -0.4 is 46.2 Å². The number of nitrogens with zero attached hydrogens (tertiary/aromatic N) is 9. The Bertz CT molecular complexity index is 2640. The van der Waals surface area contributed by atoms with E-state index in [4.69, 9.17) is 31.8 Å². The number of H-pyrrole nitrogens is 2. The van der Waals surface area contributed by atoms with E-state index in [9.17, 15) is 0 Å². The fraction of sp³-hybridized carbons (Fsp3) is 0.0244. The predicted molar refractivity (Wildman–Crippen MR) is 234 cm³/mol. The van der Waals surface area contributed by atoms with Crippen LogP contribution in [0.2, 0.25) is 0 Å². The third-order valence-corrected chi connectivity index (χ3v) is 8.51. The molecule has 0 fully saturated rings. The van der Waals surface area contributed by atoms with Crippen LogP contribution in [0.3, 0.4) is 0 Å². The fourth-order valence-electron chi connectivity index (χ4n) is 5.83. The smallest absolute Gasteiger partial charge is 0.870 e. The molecule has 0 amide bonds. The van der Waals surface area contributed by atoms with Crippen molar-refractivity contribution in [2.45, 2.75) is 7.43 Å². The van der Waals surface area contributed by atoms with E-state index < -0.39 is 0 Å². The summed E-state index contributed by atoms with van der Waals surface area (Å²) in [5, 5.41) is 60.2. The van der Waals surface area contributed by atoms with Crippen LogP contribution in [0.15, 0.2) is 156 Å². The van der Waals surface area contributed by atoms with Gasteiger partial charge in [0.15, 0.2) is 0 Å². The number of rotatable bonds is 0. The summed E-state index contributed by atoms with van der Waals surface area (Å²) in [5.74, 6) is 0. The largest absolute Gasteiger partial charge is 1.00 e. The second-order valence-electron chi connectivity index (χ2n) is 12.0. The van der Waals surface area contributed by atoms with Gasteiger partial charge in [0.2, 0.25) is 4.96 Å². The number of nitrogens with two attached hydrogens (primary N) is 2. The van der Waals surface area contributed by atoms with Crippen molar-refractivity contribution in [3.63, 3.8) is 0 Å². The van der Waals surface area contributed by atoms with Gasteiger partial charge in [-0.1, -0.05) is 104 Å². The summed E-state index contributed by atoms with van der Waals surface area (Å²) >= 11 is 0. The average Bonchev–Trinajstić information content (AvgIpc) is 4.04. The minimum absolute atomic E-state index is 0. The molecule has 0 radical (unpaired) electrons. The zero-order valence-electron chi connectivity index (χ0n) is 33.7. The number of fused-ring (bicyclic) bond motifs is 7. The van der Waals surface area contributed by atoms with E-state index in [0.717, 1.165) is 43.9 Å². The van der Waals surface area contributed by atoms with Crippen LogP contribution in [0.5, 0.6) is 0 Å². The van der Waals surface area contributed by atoms with E-state index in [0.29, 0.717) is 11.4 Å². The summed E-state index contributed by atoms with van der Waals surface area (Å²) in [7, 11) is 0. The maximum Gasteiger partial charge on any atom is 1.00 e. The molecule has 12 N–H and O–H groups in total. The van der Waals surface area contributed by atoms with Gasteiger partial charge < -0.3 is 48.2 Å². The van der Waals surface area contributed by atoms with E-state index >= 15 is 0 Å². The third-order valence-electron chi connectivity index (χ3n) is 8.51. The van der Waals surface area contributed by atoms with Crippen molar-refractivity contribution in [1.29, 1.82) is 0 Å². The normalized spacial score (nSPS) is 9.77. The Morgan fingerprint density at radius 2 is 0.689 bits per heavy atom. The molecule has 20 heteroatoms. The predicted octanol–water partition coefficient (Wildman–Crippen LogP) is 4.90. The molecular formula is C41H42N13NaO6+2. The second-order valence-corrected chi connectivity index (χ2v) is 12.0. The van der Waals surface area contributed by atoms with Gasteiger partial charge in [-0.3, -0.25) is 0 Å². The van der Waals surface area contributed by atoms with Gasteiger partial charge in [0.1, 0.15) is 22.1 Å². The topological polar surface area (TPSA) is 340 Å². The SMILES string of the molecule is C.Nc1cc2ccccc2cc1N.O.O/N=N/O.O=[OH+].[H+].[H+].[Na+].[OH-].c1ccc2cc3n[n-]nc3cc2c1.c1ccc2cc3n[nH]nc3cc2c1.c1ccc2cc3n[nH]nc3cc2c1. The molecule has 0 atom stereocenters. The van der Waals surface area contributed by atoms with Crippen LogP contribution in [0, 0.1) is 4.96 Å². The van der Waals surface area contributed by atoms with E-state index in [1.165, 1.54) is 32.3 Å². The molecule has 3 aromatic heterocycles. The van der Waals surface area contributed by atoms with Crippen molar-refractivity contribution in [3.8, 4) is 0 Å². The Kier molecular flexibility index (Phi) is 19.7. The second kappa shape index (κ2) is 24.3. The Morgan fingerprint density at radius 3 is 0.918 bits per heavy atom. The van der Waals surface area contributed by atoms with E-state index in [1.807, 2.05) is 120 Å². The molecule has 19 nitrogen and oxygen atoms in total. The number of nitrogens with one attached hydrogen (secondary N) is 2. The third kappa shape index (κ3) is 12.4. The molecular weight excluding hydrogens is 794 g/mol. The zero-order valence-corrected chi connectivity index (χ0v) is 33.7. The average molecular weight is 836 g/mol. The molecule has 0 aliphatic rings. The van der Waals surface area contributed by atoms with Crippen LogP contribution in [-0.4, -0.2) is 67.4 Å². The standard InChI is InChI=1S/2C10H7N3.C10H6N3.C10H10N2.CH4.H2N2O2.Na.O2.2H2O/c3*1-2-4-8-6-10-9(11-13-12-10)5-7(8)3-1;11-9-5-7-3-1-2-4-8(7)6-10(9)12;;3-1-2-4;;1-2;;/h2*1-6H,(H,11,12,13);1-6H;1-6H,11-12H2;1H4;(H,1,4)(H,2,3);;;2*1H2/q;;-1;;;;+1;;;/p+2. The van der Waals surface area contributed by atoms with Crippen LogP contribution in [0.25, 0.3) is 76.2 Å². The van der Waals surface area contributed by atoms with E-state index in [2.05, 4.69) is 82.6 Å². The minimum atomic E-state index is 0. The van der Waals surface area contributed by atoms with Crippen LogP contribution in [0.1, 0.15) is 10.3 Å².